The quantitative estimate of drug-likeness (QED) is 0.0420. The number of carbonyl (C=O) groups is 1. The van der Waals surface area contributed by atoms with Gasteiger partial charge in [0, 0.05) is 6.42 Å². The highest BCUT2D eigenvalue weighted by Crippen LogP contribution is 2.19. The van der Waals surface area contributed by atoms with Gasteiger partial charge in [0.1, 0.15) is 0 Å². The van der Waals surface area contributed by atoms with Gasteiger partial charge in [-0.2, -0.15) is 0 Å². The number of aliphatic hydroxyl groups is 2. The van der Waals surface area contributed by atoms with E-state index in [9.17, 15) is 15.0 Å². The van der Waals surface area contributed by atoms with Gasteiger partial charge >= 0.3 is 0 Å². The lowest BCUT2D eigenvalue weighted by Crippen LogP contribution is -2.45. The van der Waals surface area contributed by atoms with Crippen molar-refractivity contribution in [3.05, 3.63) is 24.3 Å². The van der Waals surface area contributed by atoms with E-state index in [0.717, 1.165) is 25.7 Å². The third-order valence-corrected chi connectivity index (χ3v) is 15.4. The number of hydrogen-bond donors (Lipinski definition) is 3. The van der Waals surface area contributed by atoms with Gasteiger partial charge in [0.15, 0.2) is 0 Å². The molecule has 0 saturated heterocycles. The molecule has 0 aliphatic rings. The van der Waals surface area contributed by atoms with Crippen LogP contribution < -0.4 is 5.32 Å². The first-order valence-electron chi connectivity index (χ1n) is 32.6. The number of unbranched alkanes of at least 4 members (excludes halogenated alkanes) is 52. The maximum absolute atomic E-state index is 12.5. The molecule has 70 heavy (non-hydrogen) atoms. The Morgan fingerprint density at radius 3 is 0.786 bits per heavy atom. The van der Waals surface area contributed by atoms with Crippen LogP contribution in [0.25, 0.3) is 0 Å². The van der Waals surface area contributed by atoms with E-state index in [1.54, 1.807) is 6.08 Å². The second-order valence-electron chi connectivity index (χ2n) is 22.5. The fraction of sp³-hybridized carbons (Fsp3) is 0.924. The number of aliphatic hydroxyl groups excluding tert-OH is 2. The van der Waals surface area contributed by atoms with E-state index in [4.69, 9.17) is 0 Å². The van der Waals surface area contributed by atoms with E-state index in [2.05, 4.69) is 31.3 Å². The van der Waals surface area contributed by atoms with Gasteiger partial charge in [-0.1, -0.05) is 346 Å². The summed E-state index contributed by atoms with van der Waals surface area (Å²) in [4.78, 5) is 12.5. The van der Waals surface area contributed by atoms with Crippen LogP contribution >= 0.6 is 0 Å². The van der Waals surface area contributed by atoms with E-state index in [1.807, 2.05) is 6.08 Å². The van der Waals surface area contributed by atoms with Crippen LogP contribution in [-0.2, 0) is 4.79 Å². The summed E-state index contributed by atoms with van der Waals surface area (Å²) < 4.78 is 0. The molecule has 0 aromatic rings. The molecule has 0 fully saturated rings. The Balaban J connectivity index is 3.43. The van der Waals surface area contributed by atoms with Crippen LogP contribution in [0.3, 0.4) is 0 Å². The van der Waals surface area contributed by atoms with Crippen molar-refractivity contribution < 1.29 is 15.0 Å². The number of carbonyl (C=O) groups excluding carboxylic acids is 1. The Morgan fingerprint density at radius 2 is 0.543 bits per heavy atom. The topological polar surface area (TPSA) is 69.6 Å². The van der Waals surface area contributed by atoms with Crippen LogP contribution in [-0.4, -0.2) is 34.9 Å². The third-order valence-electron chi connectivity index (χ3n) is 15.4. The van der Waals surface area contributed by atoms with Crippen LogP contribution in [0, 0.1) is 0 Å². The predicted molar refractivity (Wildman–Crippen MR) is 313 cm³/mol. The molecular formula is C66H129NO3. The Labute approximate surface area is 440 Å². The highest BCUT2D eigenvalue weighted by molar-refractivity contribution is 5.76. The molecule has 0 bridgehead atoms. The maximum atomic E-state index is 12.5. The van der Waals surface area contributed by atoms with Gasteiger partial charge in [0.25, 0.3) is 0 Å². The SMILES string of the molecule is CCCCCCCCCC/C=C\CCCCCCCCCCCCCCCCCCCC(=O)NC(CO)C(O)/C=C/CCCCCCCCCCCCCCCCCCCCCCCCCCCCC. The molecule has 0 aromatic carbocycles. The van der Waals surface area contributed by atoms with Gasteiger partial charge in [-0.25, -0.2) is 0 Å². The Hall–Kier alpha value is -1.13. The van der Waals surface area contributed by atoms with Crippen LogP contribution in [0.4, 0.5) is 0 Å². The smallest absolute Gasteiger partial charge is 0.220 e. The normalized spacial score (nSPS) is 12.8. The molecule has 0 saturated carbocycles. The monoisotopic (exact) mass is 984 g/mol. The Kier molecular flexibility index (Phi) is 61.2. The van der Waals surface area contributed by atoms with Crippen molar-refractivity contribution in [2.75, 3.05) is 6.61 Å². The summed E-state index contributed by atoms with van der Waals surface area (Å²) in [6, 6.07) is -0.621. The van der Waals surface area contributed by atoms with Crippen molar-refractivity contribution in [1.29, 1.82) is 0 Å². The molecule has 416 valence electrons. The molecule has 0 spiro atoms. The van der Waals surface area contributed by atoms with Crippen molar-refractivity contribution in [3.63, 3.8) is 0 Å². The number of hydrogen-bond acceptors (Lipinski definition) is 3. The average molecular weight is 985 g/mol. The highest BCUT2D eigenvalue weighted by Gasteiger charge is 2.18. The third kappa shape index (κ3) is 57.8. The van der Waals surface area contributed by atoms with Crippen LogP contribution in [0.2, 0.25) is 0 Å². The zero-order chi connectivity index (χ0) is 50.6. The molecule has 2 unspecified atom stereocenters. The van der Waals surface area contributed by atoms with Gasteiger partial charge in [-0.15, -0.1) is 0 Å². The molecule has 4 heteroatoms. The average Bonchev–Trinajstić information content (AvgIpc) is 3.36. The van der Waals surface area contributed by atoms with Crippen molar-refractivity contribution in [2.24, 2.45) is 0 Å². The molecule has 0 rings (SSSR count). The number of allylic oxidation sites excluding steroid dienone is 3. The first-order chi connectivity index (χ1) is 34.7. The maximum Gasteiger partial charge on any atom is 0.220 e. The summed E-state index contributed by atoms with van der Waals surface area (Å²) >= 11 is 0. The van der Waals surface area contributed by atoms with Gasteiger partial charge < -0.3 is 15.5 Å². The highest BCUT2D eigenvalue weighted by atomic mass is 16.3. The first-order valence-corrected chi connectivity index (χ1v) is 32.6. The minimum atomic E-state index is -0.838. The first kappa shape index (κ1) is 68.9. The molecule has 0 radical (unpaired) electrons. The van der Waals surface area contributed by atoms with Crippen molar-refractivity contribution in [3.8, 4) is 0 Å². The fourth-order valence-corrected chi connectivity index (χ4v) is 10.5. The minimum Gasteiger partial charge on any atom is -0.394 e. The van der Waals surface area contributed by atoms with Crippen molar-refractivity contribution >= 4 is 5.91 Å². The van der Waals surface area contributed by atoms with Gasteiger partial charge in [-0.05, 0) is 44.9 Å². The van der Waals surface area contributed by atoms with Crippen LogP contribution in [0.5, 0.6) is 0 Å². The molecule has 0 heterocycles. The van der Waals surface area contributed by atoms with Crippen molar-refractivity contribution in [2.45, 2.75) is 386 Å². The molecule has 0 aliphatic carbocycles. The minimum absolute atomic E-state index is 0.0558. The summed E-state index contributed by atoms with van der Waals surface area (Å²) in [5, 5.41) is 23.3. The summed E-state index contributed by atoms with van der Waals surface area (Å²) in [5.41, 5.74) is 0. The van der Waals surface area contributed by atoms with Gasteiger partial charge in [0.05, 0.1) is 18.8 Å². The van der Waals surface area contributed by atoms with Crippen LogP contribution in [0.15, 0.2) is 24.3 Å². The van der Waals surface area contributed by atoms with E-state index in [1.165, 1.54) is 327 Å². The zero-order valence-corrected chi connectivity index (χ0v) is 48.1. The number of nitrogens with one attached hydrogen (secondary N) is 1. The lowest BCUT2D eigenvalue weighted by Gasteiger charge is -2.20. The molecule has 0 aliphatic heterocycles. The van der Waals surface area contributed by atoms with Gasteiger partial charge in [0.2, 0.25) is 5.91 Å². The van der Waals surface area contributed by atoms with Crippen LogP contribution in [0.1, 0.15) is 373 Å². The molecular weight excluding hydrogens is 855 g/mol. The molecule has 4 nitrogen and oxygen atoms in total. The summed E-state index contributed by atoms with van der Waals surface area (Å²) in [6.45, 7) is 4.36. The number of amides is 1. The number of rotatable bonds is 61. The molecule has 0 aromatic heterocycles. The molecule has 2 atom stereocenters. The fourth-order valence-electron chi connectivity index (χ4n) is 10.5. The van der Waals surface area contributed by atoms with E-state index in [0.29, 0.717) is 6.42 Å². The zero-order valence-electron chi connectivity index (χ0n) is 48.1. The lowest BCUT2D eigenvalue weighted by molar-refractivity contribution is -0.123. The molecule has 1 amide bonds. The predicted octanol–water partition coefficient (Wildman–Crippen LogP) is 21.8. The van der Waals surface area contributed by atoms with Gasteiger partial charge in [-0.3, -0.25) is 4.79 Å². The standard InChI is InChI=1S/C66H129NO3/c1-3-5-7-9-11-13-15-17-19-21-23-25-27-29-31-33-35-37-39-41-43-45-47-49-51-53-55-57-59-61-65(69)64(63-68)67-66(70)62-60-58-56-54-52-50-48-46-44-42-40-38-36-34-32-30-28-26-24-22-20-18-16-14-12-10-8-6-4-2/h22,24,59,61,64-65,68-69H,3-21,23,25-58,60,62-63H2,1-2H3,(H,67,70)/b24-22-,61-59+. The summed E-state index contributed by atoms with van der Waals surface area (Å²) in [6.07, 6.45) is 83.9. The lowest BCUT2D eigenvalue weighted by atomic mass is 10.0. The summed E-state index contributed by atoms with van der Waals surface area (Å²) in [7, 11) is 0. The second kappa shape index (κ2) is 62.2. The Morgan fingerprint density at radius 1 is 0.329 bits per heavy atom. The van der Waals surface area contributed by atoms with Crippen molar-refractivity contribution in [1.82, 2.24) is 5.32 Å². The summed E-state index contributed by atoms with van der Waals surface area (Å²) in [5.74, 6) is -0.0558. The van der Waals surface area contributed by atoms with E-state index < -0.39 is 12.1 Å². The molecule has 3 N–H and O–H groups in total. The largest absolute Gasteiger partial charge is 0.394 e. The Bertz CT molecular complexity index is 1020. The second-order valence-corrected chi connectivity index (χ2v) is 22.5. The van der Waals surface area contributed by atoms with E-state index >= 15 is 0 Å². The van der Waals surface area contributed by atoms with E-state index in [-0.39, 0.29) is 12.5 Å².